The zero-order valence-electron chi connectivity index (χ0n) is 26.1. The molecule has 0 amide bonds. The number of carbonyl (C=O) groups excluding carboxylic acids is 2. The fraction of sp³-hybridized carbons (Fsp3) is 0.882. The molecule has 4 bridgehead atoms. The van der Waals surface area contributed by atoms with E-state index in [0.29, 0.717) is 41.3 Å². The van der Waals surface area contributed by atoms with Crippen molar-refractivity contribution in [1.82, 2.24) is 0 Å². The second-order valence-electron chi connectivity index (χ2n) is 14.4. The molecule has 3 aliphatic carbocycles. The summed E-state index contributed by atoms with van der Waals surface area (Å²) in [5, 5.41) is 14.0. The summed E-state index contributed by atoms with van der Waals surface area (Å²) in [7, 11) is 5.82. The molecule has 6 nitrogen and oxygen atoms in total. The first-order valence-electron chi connectivity index (χ1n) is 17.2. The van der Waals surface area contributed by atoms with Gasteiger partial charge in [-0.25, -0.2) is 0 Å². The van der Waals surface area contributed by atoms with Gasteiger partial charge in [0, 0.05) is 36.4 Å². The highest BCUT2D eigenvalue weighted by Crippen LogP contribution is 2.49. The fourth-order valence-corrected chi connectivity index (χ4v) is 12.7. The van der Waals surface area contributed by atoms with Crippen LogP contribution in [0.15, 0.2) is 11.6 Å². The topological polar surface area (TPSA) is 106 Å². The van der Waals surface area contributed by atoms with E-state index in [-0.39, 0.29) is 36.2 Å². The zero-order chi connectivity index (χ0) is 29.6. The first kappa shape index (κ1) is 33.0. The van der Waals surface area contributed by atoms with Crippen LogP contribution in [-0.2, 0) is 14.3 Å². The molecule has 0 aromatic rings. The predicted octanol–water partition coefficient (Wildman–Crippen LogP) is 5.28. The highest BCUT2D eigenvalue weighted by molar-refractivity contribution is 8.76. The van der Waals surface area contributed by atoms with Gasteiger partial charge in [-0.2, -0.15) is 0 Å². The number of quaternary nitrogens is 1. The van der Waals surface area contributed by atoms with Crippen molar-refractivity contribution >= 4 is 33.2 Å². The maximum atomic E-state index is 13.5. The number of nitrogens with two attached hydrogens (primary N) is 2. The van der Waals surface area contributed by atoms with E-state index in [1.165, 1.54) is 38.5 Å². The second kappa shape index (κ2) is 15.8. The van der Waals surface area contributed by atoms with E-state index in [1.807, 2.05) is 10.8 Å². The fourth-order valence-electron chi connectivity index (χ4n) is 9.11. The van der Waals surface area contributed by atoms with Gasteiger partial charge in [-0.1, -0.05) is 73.1 Å². The summed E-state index contributed by atoms with van der Waals surface area (Å²) in [5.41, 5.74) is 7.82. The highest BCUT2D eigenvalue weighted by atomic mass is 33.1. The van der Waals surface area contributed by atoms with Gasteiger partial charge in [-0.15, -0.1) is 0 Å². The lowest BCUT2D eigenvalue weighted by molar-refractivity contribution is -0.711. The Bertz CT molecular complexity index is 941. The predicted molar refractivity (Wildman–Crippen MR) is 173 cm³/mol. The van der Waals surface area contributed by atoms with Crippen molar-refractivity contribution in [3.8, 4) is 0 Å². The van der Waals surface area contributed by atoms with Crippen LogP contribution in [-0.4, -0.2) is 59.7 Å². The van der Waals surface area contributed by atoms with Crippen LogP contribution in [0.2, 0.25) is 0 Å². The number of hydrogen-bond donors (Lipinski definition) is 3. The van der Waals surface area contributed by atoms with E-state index >= 15 is 0 Å². The molecule has 2 saturated heterocycles. The monoisotopic (exact) mass is 621 g/mol. The second-order valence-corrected chi connectivity index (χ2v) is 17.0. The number of methoxy groups -OCH3 is 1. The summed E-state index contributed by atoms with van der Waals surface area (Å²) in [6, 6.07) is 0. The van der Waals surface area contributed by atoms with Gasteiger partial charge in [0.2, 0.25) is 0 Å². The Labute approximate surface area is 262 Å². The summed E-state index contributed by atoms with van der Waals surface area (Å²) in [4.78, 5) is 26.5. The third-order valence-electron chi connectivity index (χ3n) is 11.8. The Hall–Kier alpha value is -0.380. The SMILES string of the molecule is CC[C@@H]1CCC(=O)CC(=O)C2=CC3CC(OC)C(O)CC3[C@H](CC2)C2C[NH2+]C(N)C(C2)[C@@H](CC2CCCCC2)SSC1. The summed E-state index contributed by atoms with van der Waals surface area (Å²) < 4.78 is 5.71. The maximum Gasteiger partial charge on any atom is 0.165 e. The van der Waals surface area contributed by atoms with Gasteiger partial charge in [0.15, 0.2) is 5.78 Å². The number of fused-ring (bicyclic) bond motifs is 8. The molecule has 0 aromatic heterocycles. The molecule has 0 radical (unpaired) electrons. The minimum atomic E-state index is -0.466. The van der Waals surface area contributed by atoms with E-state index in [1.54, 1.807) is 7.11 Å². The number of aliphatic hydroxyl groups is 1. The zero-order valence-corrected chi connectivity index (χ0v) is 27.7. The first-order chi connectivity index (χ1) is 20.4. The molecule has 0 aromatic carbocycles. The van der Waals surface area contributed by atoms with Gasteiger partial charge < -0.3 is 15.2 Å². The normalized spacial score (nSPS) is 41.5. The van der Waals surface area contributed by atoms with Crippen molar-refractivity contribution in [2.24, 2.45) is 47.2 Å². The van der Waals surface area contributed by atoms with Crippen LogP contribution in [0.25, 0.3) is 0 Å². The molecule has 42 heavy (non-hydrogen) atoms. The number of allylic oxidation sites excluding steroid dienone is 2. The maximum absolute atomic E-state index is 13.5. The van der Waals surface area contributed by atoms with Gasteiger partial charge in [-0.3, -0.25) is 15.3 Å². The van der Waals surface area contributed by atoms with Crippen LogP contribution in [0, 0.1) is 41.4 Å². The lowest BCUT2D eigenvalue weighted by Crippen LogP contribution is -2.98. The van der Waals surface area contributed by atoms with E-state index < -0.39 is 6.10 Å². The molecule has 8 heteroatoms. The van der Waals surface area contributed by atoms with Crippen molar-refractivity contribution in [2.75, 3.05) is 19.4 Å². The quantitative estimate of drug-likeness (QED) is 0.290. The number of aliphatic hydroxyl groups excluding tert-OH is 1. The molecule has 5 N–H and O–H groups in total. The third-order valence-corrected chi connectivity index (χ3v) is 14.9. The number of Topliss-reactive ketones (excluding diaryl/α,β-unsaturated/α-hetero) is 2. The largest absolute Gasteiger partial charge is 0.390 e. The molecule has 4 fully saturated rings. The summed E-state index contributed by atoms with van der Waals surface area (Å²) in [5.74, 6) is 4.50. The van der Waals surface area contributed by atoms with Gasteiger partial charge in [-0.05, 0) is 80.1 Å². The molecule has 2 saturated carbocycles. The molecule has 238 valence electrons. The molecule has 2 heterocycles. The Morgan fingerprint density at radius 3 is 2.57 bits per heavy atom. The number of ether oxygens (including phenoxy) is 1. The molecule has 5 rings (SSSR count). The number of carbonyl (C=O) groups is 2. The van der Waals surface area contributed by atoms with Crippen molar-refractivity contribution in [3.63, 3.8) is 0 Å². The van der Waals surface area contributed by atoms with Gasteiger partial charge in [0.25, 0.3) is 0 Å². The van der Waals surface area contributed by atoms with E-state index in [4.69, 9.17) is 10.5 Å². The molecule has 5 aliphatic rings. The lowest BCUT2D eigenvalue weighted by atomic mass is 9.64. The number of rotatable bonds is 4. The van der Waals surface area contributed by atoms with Crippen LogP contribution >= 0.6 is 21.6 Å². The Morgan fingerprint density at radius 2 is 1.81 bits per heavy atom. The molecule has 0 spiro atoms. The van der Waals surface area contributed by atoms with E-state index in [9.17, 15) is 14.7 Å². The van der Waals surface area contributed by atoms with Crippen molar-refractivity contribution in [2.45, 2.75) is 127 Å². The van der Waals surface area contributed by atoms with Crippen LogP contribution < -0.4 is 11.1 Å². The molecule has 7 unspecified atom stereocenters. The van der Waals surface area contributed by atoms with Crippen LogP contribution in [0.4, 0.5) is 0 Å². The van der Waals surface area contributed by atoms with Crippen molar-refractivity contribution in [3.05, 3.63) is 11.6 Å². The Balaban J connectivity index is 1.44. The van der Waals surface area contributed by atoms with Crippen LogP contribution in [0.5, 0.6) is 0 Å². The molecular weight excluding hydrogens is 565 g/mol. The smallest absolute Gasteiger partial charge is 0.165 e. The van der Waals surface area contributed by atoms with E-state index in [2.05, 4.69) is 29.1 Å². The minimum absolute atomic E-state index is 0.0319. The number of ketones is 2. The van der Waals surface area contributed by atoms with Gasteiger partial charge in [0.05, 0.1) is 25.2 Å². The highest BCUT2D eigenvalue weighted by Gasteiger charge is 2.47. The van der Waals surface area contributed by atoms with Crippen LogP contribution in [0.1, 0.15) is 103 Å². The minimum Gasteiger partial charge on any atom is -0.390 e. The van der Waals surface area contributed by atoms with Crippen molar-refractivity contribution < 1.29 is 24.7 Å². The van der Waals surface area contributed by atoms with Crippen molar-refractivity contribution in [1.29, 1.82) is 0 Å². The standard InChI is InChI=1S/C34H56N2O4S2/c1-3-21-9-11-26(37)17-30(38)23-10-12-27(28-18-31(39)32(40-2)16-24(28)14-23)25-15-29(34(35)36-19-25)33(42-41-20-21)13-22-7-5-4-6-8-22/h14,21-22,24-25,27-29,31-34,36,39H,3-13,15-20,35H2,1-2H3/p+1/t21-,24?,25?,27-,28?,29?,31?,32?,33-,34?/m1/s1. The Morgan fingerprint density at radius 1 is 1.00 bits per heavy atom. The summed E-state index contributed by atoms with van der Waals surface area (Å²) in [6.07, 6.45) is 16.7. The number of piperidine rings is 1. The Kier molecular flexibility index (Phi) is 12.4. The molecule has 10 atom stereocenters. The average molecular weight is 622 g/mol. The lowest BCUT2D eigenvalue weighted by Gasteiger charge is -2.46. The van der Waals surface area contributed by atoms with Gasteiger partial charge >= 0.3 is 0 Å². The molecular formula is C34H57N2O4S2+. The summed E-state index contributed by atoms with van der Waals surface area (Å²) >= 11 is 0. The van der Waals surface area contributed by atoms with Gasteiger partial charge in [0.1, 0.15) is 11.9 Å². The number of hydrogen-bond acceptors (Lipinski definition) is 7. The average Bonchev–Trinajstić information content (AvgIpc) is 3.17. The third kappa shape index (κ3) is 8.25. The van der Waals surface area contributed by atoms with Crippen LogP contribution in [0.3, 0.4) is 0 Å². The molecule has 2 aliphatic heterocycles. The first-order valence-corrected chi connectivity index (χ1v) is 19.6. The van der Waals surface area contributed by atoms with E-state index in [0.717, 1.165) is 68.7 Å². The summed E-state index contributed by atoms with van der Waals surface area (Å²) in [6.45, 7) is 3.27.